The van der Waals surface area contributed by atoms with Crippen molar-refractivity contribution in [3.05, 3.63) is 95.0 Å². The molecule has 3 rings (SSSR count). The van der Waals surface area contributed by atoms with Crippen molar-refractivity contribution >= 4 is 39.1 Å². The standard InChI is InChI=1S/C30H36ClN3O4S/c1-5-28(30(36)32-6-2)33(20-24-12-10-11-15-27(24)31)29(35)21-34(25-18-16-23(17-19-25)22(3)4)39(37,38)26-13-8-7-9-14-26/h7-19,22,28H,5-6,20-21H2,1-4H3,(H,32,36)/t28-/m1/s1. The second kappa shape index (κ2) is 13.6. The number of benzene rings is 3. The third-order valence-electron chi connectivity index (χ3n) is 6.49. The number of nitrogens with one attached hydrogen (secondary N) is 1. The summed E-state index contributed by atoms with van der Waals surface area (Å²) in [5.41, 5.74) is 2.07. The molecule has 7 nitrogen and oxygen atoms in total. The van der Waals surface area contributed by atoms with Gasteiger partial charge in [0.15, 0.2) is 0 Å². The number of hydrogen-bond acceptors (Lipinski definition) is 4. The van der Waals surface area contributed by atoms with Gasteiger partial charge in [0.1, 0.15) is 12.6 Å². The van der Waals surface area contributed by atoms with Gasteiger partial charge in [0.25, 0.3) is 10.0 Å². The number of hydrogen-bond donors (Lipinski definition) is 1. The lowest BCUT2D eigenvalue weighted by Gasteiger charge is -2.33. The van der Waals surface area contributed by atoms with Crippen molar-refractivity contribution < 1.29 is 18.0 Å². The third kappa shape index (κ3) is 7.40. The minimum absolute atomic E-state index is 0.0552. The topological polar surface area (TPSA) is 86.8 Å². The number of nitrogens with zero attached hydrogens (tertiary/aromatic N) is 2. The Bertz CT molecular complexity index is 1360. The van der Waals surface area contributed by atoms with E-state index in [1.54, 1.807) is 61.5 Å². The lowest BCUT2D eigenvalue weighted by Crippen LogP contribution is -2.52. The van der Waals surface area contributed by atoms with Crippen LogP contribution in [0.2, 0.25) is 5.02 Å². The van der Waals surface area contributed by atoms with Crippen LogP contribution in [-0.2, 0) is 26.2 Å². The second-order valence-corrected chi connectivity index (χ2v) is 11.8. The fourth-order valence-electron chi connectivity index (χ4n) is 4.30. The van der Waals surface area contributed by atoms with Gasteiger partial charge in [0.2, 0.25) is 11.8 Å². The van der Waals surface area contributed by atoms with Crippen LogP contribution < -0.4 is 9.62 Å². The van der Waals surface area contributed by atoms with E-state index in [-0.39, 0.29) is 23.3 Å². The number of rotatable bonds is 12. The summed E-state index contributed by atoms with van der Waals surface area (Å²) in [6.07, 6.45) is 0.344. The zero-order valence-electron chi connectivity index (χ0n) is 22.8. The Balaban J connectivity index is 2.07. The van der Waals surface area contributed by atoms with Crippen molar-refractivity contribution in [2.75, 3.05) is 17.4 Å². The minimum Gasteiger partial charge on any atom is -0.355 e. The summed E-state index contributed by atoms with van der Waals surface area (Å²) in [4.78, 5) is 28.5. The highest BCUT2D eigenvalue weighted by Crippen LogP contribution is 2.27. The van der Waals surface area contributed by atoms with Crippen LogP contribution >= 0.6 is 11.6 Å². The Hall–Kier alpha value is -3.36. The molecule has 3 aromatic rings. The number of halogens is 1. The summed E-state index contributed by atoms with van der Waals surface area (Å²) in [7, 11) is -4.10. The van der Waals surface area contributed by atoms with E-state index in [9.17, 15) is 18.0 Å². The van der Waals surface area contributed by atoms with Crippen LogP contribution in [0.3, 0.4) is 0 Å². The Morgan fingerprint density at radius 1 is 0.897 bits per heavy atom. The Kier molecular flexibility index (Phi) is 10.5. The number of anilines is 1. The van der Waals surface area contributed by atoms with Crippen LogP contribution in [0.15, 0.2) is 83.8 Å². The summed E-state index contributed by atoms with van der Waals surface area (Å²) >= 11 is 6.41. The van der Waals surface area contributed by atoms with Crippen molar-refractivity contribution in [2.24, 2.45) is 0 Å². The number of carbonyl (C=O) groups excluding carboxylic acids is 2. The van der Waals surface area contributed by atoms with Gasteiger partial charge in [-0.3, -0.25) is 13.9 Å². The maximum atomic E-state index is 14.0. The molecule has 0 radical (unpaired) electrons. The van der Waals surface area contributed by atoms with Crippen molar-refractivity contribution in [2.45, 2.75) is 57.5 Å². The van der Waals surface area contributed by atoms with Gasteiger partial charge in [-0.15, -0.1) is 0 Å². The van der Waals surface area contributed by atoms with Crippen LogP contribution in [0.4, 0.5) is 5.69 Å². The highest BCUT2D eigenvalue weighted by Gasteiger charge is 2.33. The van der Waals surface area contributed by atoms with Crippen LogP contribution in [-0.4, -0.2) is 44.3 Å². The summed E-state index contributed by atoms with van der Waals surface area (Å²) < 4.78 is 28.8. The second-order valence-electron chi connectivity index (χ2n) is 9.50. The molecule has 0 aliphatic carbocycles. The highest BCUT2D eigenvalue weighted by molar-refractivity contribution is 7.92. The van der Waals surface area contributed by atoms with E-state index >= 15 is 0 Å². The first-order valence-corrected chi connectivity index (χ1v) is 14.9. The number of sulfonamides is 1. The predicted molar refractivity (Wildman–Crippen MR) is 156 cm³/mol. The van der Waals surface area contributed by atoms with Crippen molar-refractivity contribution in [3.8, 4) is 0 Å². The van der Waals surface area contributed by atoms with Gasteiger partial charge >= 0.3 is 0 Å². The molecule has 0 aliphatic rings. The van der Waals surface area contributed by atoms with Crippen molar-refractivity contribution in [3.63, 3.8) is 0 Å². The molecule has 39 heavy (non-hydrogen) atoms. The van der Waals surface area contributed by atoms with E-state index in [1.807, 2.05) is 19.1 Å². The predicted octanol–water partition coefficient (Wildman–Crippen LogP) is 5.60. The van der Waals surface area contributed by atoms with E-state index in [0.717, 1.165) is 9.87 Å². The van der Waals surface area contributed by atoms with Crippen molar-refractivity contribution in [1.82, 2.24) is 10.2 Å². The van der Waals surface area contributed by atoms with Gasteiger partial charge in [0.05, 0.1) is 10.6 Å². The van der Waals surface area contributed by atoms with E-state index in [2.05, 4.69) is 19.2 Å². The molecule has 0 fully saturated rings. The molecule has 3 aromatic carbocycles. The molecule has 0 heterocycles. The average molecular weight is 570 g/mol. The fourth-order valence-corrected chi connectivity index (χ4v) is 5.93. The Morgan fingerprint density at radius 3 is 2.08 bits per heavy atom. The van der Waals surface area contributed by atoms with Crippen molar-refractivity contribution in [1.29, 1.82) is 0 Å². The van der Waals surface area contributed by atoms with E-state index in [1.165, 1.54) is 17.0 Å². The number of carbonyl (C=O) groups is 2. The number of amides is 2. The molecular formula is C30H36ClN3O4S. The smallest absolute Gasteiger partial charge is 0.264 e. The van der Waals surface area contributed by atoms with Gasteiger partial charge in [-0.05, 0) is 60.7 Å². The first kappa shape index (κ1) is 30.2. The van der Waals surface area contributed by atoms with Gasteiger partial charge in [-0.25, -0.2) is 8.42 Å². The molecule has 9 heteroatoms. The number of likely N-dealkylation sites (N-methyl/N-ethyl adjacent to an activating group) is 1. The average Bonchev–Trinajstić information content (AvgIpc) is 2.93. The van der Waals surface area contributed by atoms with Gasteiger partial charge < -0.3 is 10.2 Å². The molecular weight excluding hydrogens is 534 g/mol. The Labute approximate surface area is 236 Å². The first-order chi connectivity index (χ1) is 18.6. The van der Waals surface area contributed by atoms with Gasteiger partial charge in [-0.1, -0.05) is 80.9 Å². The van der Waals surface area contributed by atoms with Gasteiger partial charge in [-0.2, -0.15) is 0 Å². The lowest BCUT2D eigenvalue weighted by atomic mass is 10.0. The molecule has 208 valence electrons. The molecule has 2 amide bonds. The molecule has 1 N–H and O–H groups in total. The summed E-state index contributed by atoms with van der Waals surface area (Å²) in [5, 5.41) is 3.25. The monoisotopic (exact) mass is 569 g/mol. The van der Waals surface area contributed by atoms with Crippen LogP contribution in [0, 0.1) is 0 Å². The lowest BCUT2D eigenvalue weighted by molar-refractivity contribution is -0.140. The summed E-state index contributed by atoms with van der Waals surface area (Å²) in [6, 6.07) is 21.5. The van der Waals surface area contributed by atoms with E-state index in [0.29, 0.717) is 29.2 Å². The maximum absolute atomic E-state index is 14.0. The fraction of sp³-hybridized carbons (Fsp3) is 0.333. The van der Waals surface area contributed by atoms with Crippen LogP contribution in [0.5, 0.6) is 0 Å². The van der Waals surface area contributed by atoms with Gasteiger partial charge in [0, 0.05) is 18.1 Å². The summed E-state index contributed by atoms with van der Waals surface area (Å²) in [6.45, 7) is 7.69. The molecule has 0 aromatic heterocycles. The van der Waals surface area contributed by atoms with E-state index in [4.69, 9.17) is 11.6 Å². The Morgan fingerprint density at radius 2 is 1.51 bits per heavy atom. The highest BCUT2D eigenvalue weighted by atomic mass is 35.5. The zero-order chi connectivity index (χ0) is 28.6. The molecule has 0 aliphatic heterocycles. The normalized spacial score (nSPS) is 12.2. The maximum Gasteiger partial charge on any atom is 0.264 e. The van der Waals surface area contributed by atoms with Crippen LogP contribution in [0.1, 0.15) is 51.2 Å². The van der Waals surface area contributed by atoms with E-state index < -0.39 is 28.5 Å². The molecule has 1 atom stereocenters. The largest absolute Gasteiger partial charge is 0.355 e. The zero-order valence-corrected chi connectivity index (χ0v) is 24.4. The third-order valence-corrected chi connectivity index (χ3v) is 8.65. The van der Waals surface area contributed by atoms with Crippen LogP contribution in [0.25, 0.3) is 0 Å². The molecule has 0 unspecified atom stereocenters. The quantitative estimate of drug-likeness (QED) is 0.307. The first-order valence-electron chi connectivity index (χ1n) is 13.1. The molecule has 0 saturated carbocycles. The minimum atomic E-state index is -4.10. The molecule has 0 bridgehead atoms. The molecule has 0 spiro atoms. The molecule has 0 saturated heterocycles. The SMILES string of the molecule is CCNC(=O)[C@@H](CC)N(Cc1ccccc1Cl)C(=O)CN(c1ccc(C(C)C)cc1)S(=O)(=O)c1ccccc1. The summed E-state index contributed by atoms with van der Waals surface area (Å²) in [5.74, 6) is -0.562.